The molecule has 36 heavy (non-hydrogen) atoms. The molecule has 0 aliphatic carbocycles. The molecule has 0 saturated carbocycles. The molecule has 5 nitrogen and oxygen atoms in total. The van der Waals surface area contributed by atoms with Crippen LogP contribution in [-0.2, 0) is 20.7 Å². The lowest BCUT2D eigenvalue weighted by molar-refractivity contribution is -0.137. The Hall–Kier alpha value is -2.61. The topological polar surface area (TPSA) is 59.0 Å². The summed E-state index contributed by atoms with van der Waals surface area (Å²) in [6.07, 6.45) is 4.80. The summed E-state index contributed by atoms with van der Waals surface area (Å²) in [6.45, 7) is 7.06. The summed E-state index contributed by atoms with van der Waals surface area (Å²) >= 11 is 0. The molecule has 3 rings (SSSR count). The van der Waals surface area contributed by atoms with Gasteiger partial charge in [-0.3, -0.25) is 4.90 Å². The molecular weight excluding hydrogens is 464 g/mol. The Kier molecular flexibility index (Phi) is 10.6. The van der Waals surface area contributed by atoms with Crippen LogP contribution in [0.1, 0.15) is 61.5 Å². The number of nitrogens with zero attached hydrogens (tertiary/aromatic N) is 1. The van der Waals surface area contributed by atoms with Crippen molar-refractivity contribution >= 4 is 12.0 Å². The number of aliphatic hydroxyl groups is 1. The van der Waals surface area contributed by atoms with E-state index in [2.05, 4.69) is 4.90 Å². The first kappa shape index (κ1) is 28.0. The monoisotopic (exact) mass is 501 g/mol. The van der Waals surface area contributed by atoms with Gasteiger partial charge in [0.25, 0.3) is 0 Å². The average Bonchev–Trinajstić information content (AvgIpc) is 3.27. The highest BCUT2D eigenvalue weighted by molar-refractivity contribution is 5.87. The number of β-amino-alcohol motifs (C(OH)–C–C–N with tert-alkyl or cyclic N) is 1. The van der Waals surface area contributed by atoms with E-state index in [1.54, 1.807) is 38.1 Å². The molecule has 196 valence electrons. The highest BCUT2D eigenvalue weighted by Gasteiger charge is 2.27. The van der Waals surface area contributed by atoms with Crippen molar-refractivity contribution in [1.29, 1.82) is 0 Å². The summed E-state index contributed by atoms with van der Waals surface area (Å²) < 4.78 is 39.5. The van der Waals surface area contributed by atoms with E-state index in [-0.39, 0.29) is 30.6 Å². The largest absolute Gasteiger partial charge is 0.463 e. The van der Waals surface area contributed by atoms with Gasteiger partial charge in [0, 0.05) is 24.2 Å². The molecule has 3 atom stereocenters. The lowest BCUT2D eigenvalue weighted by Gasteiger charge is -2.28. The number of carbonyl (C=O) groups excluding carboxylic acids is 1. The zero-order chi connectivity index (χ0) is 26.1. The number of benzene rings is 2. The molecule has 0 amide bonds. The first-order valence-electron chi connectivity index (χ1n) is 12.7. The Morgan fingerprint density at radius 1 is 1.22 bits per heavy atom. The van der Waals surface area contributed by atoms with E-state index < -0.39 is 24.0 Å². The molecule has 0 aromatic heterocycles. The van der Waals surface area contributed by atoms with Gasteiger partial charge in [-0.05, 0) is 81.0 Å². The Morgan fingerprint density at radius 3 is 2.75 bits per heavy atom. The molecule has 1 N–H and O–H groups in total. The van der Waals surface area contributed by atoms with Crippen LogP contribution in [0, 0.1) is 18.6 Å². The third kappa shape index (κ3) is 7.69. The molecule has 1 aliphatic rings. The molecule has 1 aliphatic heterocycles. The number of rotatable bonds is 12. The van der Waals surface area contributed by atoms with E-state index in [1.165, 1.54) is 18.2 Å². The Balaban J connectivity index is 1.60. The second kappa shape index (κ2) is 13.6. The highest BCUT2D eigenvalue weighted by atomic mass is 19.1. The number of halogens is 2. The SMILES string of the molecule is CCOC(=O)/C=C/c1c(F)cccc1[C@@H](CC)OC[C@H](O)CN1CCC[C@H]1Cc1ccc(C)c(F)c1. The van der Waals surface area contributed by atoms with Crippen LogP contribution in [-0.4, -0.2) is 54.4 Å². The first-order chi connectivity index (χ1) is 17.3. The van der Waals surface area contributed by atoms with Crippen LogP contribution in [0.4, 0.5) is 8.78 Å². The number of ether oxygens (including phenoxy) is 2. The van der Waals surface area contributed by atoms with Gasteiger partial charge in [0.15, 0.2) is 0 Å². The molecule has 0 bridgehead atoms. The molecule has 1 heterocycles. The maximum atomic E-state index is 14.6. The summed E-state index contributed by atoms with van der Waals surface area (Å²) in [7, 11) is 0. The average molecular weight is 502 g/mol. The van der Waals surface area contributed by atoms with Crippen LogP contribution in [0.15, 0.2) is 42.5 Å². The van der Waals surface area contributed by atoms with E-state index in [4.69, 9.17) is 9.47 Å². The van der Waals surface area contributed by atoms with Crippen LogP contribution >= 0.6 is 0 Å². The standard InChI is InChI=1S/C29H37F2NO4/c1-4-28(25-9-6-10-26(30)24(25)13-14-29(34)35-5-2)36-19-23(33)18-32-15-7-8-22(32)16-21-12-11-20(3)27(31)17-21/h6,9-14,17,22-23,28,33H,4-5,7-8,15-16,18-19H2,1-3H3/b14-13+/t22-,23+,28+/m0/s1. The van der Waals surface area contributed by atoms with E-state index in [9.17, 15) is 18.7 Å². The fourth-order valence-electron chi connectivity index (χ4n) is 4.73. The first-order valence-corrected chi connectivity index (χ1v) is 12.7. The summed E-state index contributed by atoms with van der Waals surface area (Å²) in [5, 5.41) is 10.7. The van der Waals surface area contributed by atoms with E-state index in [1.807, 2.05) is 13.0 Å². The van der Waals surface area contributed by atoms with Gasteiger partial charge in [0.1, 0.15) is 11.6 Å². The molecule has 1 fully saturated rings. The number of hydrogen-bond donors (Lipinski definition) is 1. The second-order valence-electron chi connectivity index (χ2n) is 9.29. The minimum atomic E-state index is -0.721. The van der Waals surface area contributed by atoms with E-state index in [0.29, 0.717) is 24.1 Å². The van der Waals surface area contributed by atoms with Crippen molar-refractivity contribution in [2.45, 2.75) is 64.7 Å². The number of hydrogen-bond acceptors (Lipinski definition) is 5. The number of aliphatic hydroxyl groups excluding tert-OH is 1. The van der Waals surface area contributed by atoms with Gasteiger partial charge in [0.2, 0.25) is 0 Å². The normalized spacial score (nSPS) is 18.0. The van der Waals surface area contributed by atoms with Gasteiger partial charge in [0.05, 0.1) is 25.4 Å². The van der Waals surface area contributed by atoms with Crippen molar-refractivity contribution in [1.82, 2.24) is 4.90 Å². The van der Waals surface area contributed by atoms with Gasteiger partial charge < -0.3 is 14.6 Å². The summed E-state index contributed by atoms with van der Waals surface area (Å²) in [5.41, 5.74) is 2.49. The maximum Gasteiger partial charge on any atom is 0.330 e. The minimum absolute atomic E-state index is 0.0957. The van der Waals surface area contributed by atoms with Crippen LogP contribution in [0.25, 0.3) is 6.08 Å². The van der Waals surface area contributed by atoms with Gasteiger partial charge in [-0.1, -0.05) is 31.2 Å². The van der Waals surface area contributed by atoms with Gasteiger partial charge in [-0.2, -0.15) is 0 Å². The third-order valence-corrected chi connectivity index (χ3v) is 6.62. The van der Waals surface area contributed by atoms with Crippen molar-refractivity contribution in [2.24, 2.45) is 0 Å². The predicted molar refractivity (Wildman–Crippen MR) is 136 cm³/mol. The number of likely N-dealkylation sites (tertiary alicyclic amines) is 1. The molecule has 0 unspecified atom stereocenters. The van der Waals surface area contributed by atoms with Gasteiger partial charge >= 0.3 is 5.97 Å². The Bertz CT molecular complexity index is 1040. The lowest BCUT2D eigenvalue weighted by Crippen LogP contribution is -2.39. The molecule has 7 heteroatoms. The molecular formula is C29H37F2NO4. The molecule has 0 spiro atoms. The van der Waals surface area contributed by atoms with E-state index in [0.717, 1.165) is 31.4 Å². The van der Waals surface area contributed by atoms with Crippen LogP contribution in [0.5, 0.6) is 0 Å². The van der Waals surface area contributed by atoms with Crippen molar-refractivity contribution < 1.29 is 28.2 Å². The number of aryl methyl sites for hydroxylation is 1. The minimum Gasteiger partial charge on any atom is -0.463 e. The summed E-state index contributed by atoms with van der Waals surface area (Å²) in [4.78, 5) is 14.0. The Morgan fingerprint density at radius 2 is 2.03 bits per heavy atom. The van der Waals surface area contributed by atoms with Gasteiger partial charge in [-0.15, -0.1) is 0 Å². The zero-order valence-corrected chi connectivity index (χ0v) is 21.4. The molecule has 1 saturated heterocycles. The lowest BCUT2D eigenvalue weighted by atomic mass is 9.99. The van der Waals surface area contributed by atoms with Crippen LogP contribution < -0.4 is 0 Å². The van der Waals surface area contributed by atoms with Crippen molar-refractivity contribution in [2.75, 3.05) is 26.3 Å². The third-order valence-electron chi connectivity index (χ3n) is 6.62. The fraction of sp³-hybridized carbons (Fsp3) is 0.483. The van der Waals surface area contributed by atoms with Crippen LogP contribution in [0.2, 0.25) is 0 Å². The zero-order valence-electron chi connectivity index (χ0n) is 21.4. The quantitative estimate of drug-likeness (QED) is 0.312. The van der Waals surface area contributed by atoms with Crippen molar-refractivity contribution in [3.63, 3.8) is 0 Å². The van der Waals surface area contributed by atoms with Crippen molar-refractivity contribution in [3.8, 4) is 0 Å². The number of carbonyl (C=O) groups is 1. The predicted octanol–water partition coefficient (Wildman–Crippen LogP) is 5.39. The smallest absolute Gasteiger partial charge is 0.330 e. The molecule has 2 aromatic rings. The van der Waals surface area contributed by atoms with Gasteiger partial charge in [-0.25, -0.2) is 13.6 Å². The Labute approximate surface area is 212 Å². The summed E-state index contributed by atoms with van der Waals surface area (Å²) in [6, 6.07) is 10.3. The number of esters is 1. The van der Waals surface area contributed by atoms with Crippen LogP contribution in [0.3, 0.4) is 0 Å². The maximum absolute atomic E-state index is 14.6. The second-order valence-corrected chi connectivity index (χ2v) is 9.29. The molecule has 2 aromatic carbocycles. The molecule has 0 radical (unpaired) electrons. The highest BCUT2D eigenvalue weighted by Crippen LogP contribution is 2.28. The van der Waals surface area contributed by atoms with Crippen molar-refractivity contribution in [3.05, 3.63) is 76.4 Å². The summed E-state index contributed by atoms with van der Waals surface area (Å²) in [5.74, 6) is -1.18. The van der Waals surface area contributed by atoms with E-state index >= 15 is 0 Å². The fourth-order valence-corrected chi connectivity index (χ4v) is 4.73.